The molecule has 1 fully saturated rings. The summed E-state index contributed by atoms with van der Waals surface area (Å²) in [6.07, 6.45) is 5.11. The predicted molar refractivity (Wildman–Crippen MR) is 112 cm³/mol. The van der Waals surface area contributed by atoms with Crippen molar-refractivity contribution in [2.45, 2.75) is 72.0 Å². The Hall–Kier alpha value is -2.22. The van der Waals surface area contributed by atoms with Gasteiger partial charge in [0.1, 0.15) is 5.69 Å². The Morgan fingerprint density at radius 1 is 1.31 bits per heavy atom. The van der Waals surface area contributed by atoms with Crippen molar-refractivity contribution >= 4 is 23.2 Å². The Morgan fingerprint density at radius 3 is 2.72 bits per heavy atom. The largest absolute Gasteiger partial charge is 0.348 e. The van der Waals surface area contributed by atoms with E-state index in [2.05, 4.69) is 24.1 Å². The lowest BCUT2D eigenvalue weighted by atomic mass is 10.0. The molecule has 2 aliphatic rings. The fourth-order valence-corrected chi connectivity index (χ4v) is 4.88. The molecule has 2 aromatic rings. The summed E-state index contributed by atoms with van der Waals surface area (Å²) in [5.74, 6) is 0.260. The lowest BCUT2D eigenvalue weighted by Crippen LogP contribution is -2.38. The van der Waals surface area contributed by atoms with Gasteiger partial charge in [-0.1, -0.05) is 26.7 Å². The van der Waals surface area contributed by atoms with Crippen LogP contribution >= 0.6 is 11.3 Å². The highest BCUT2D eigenvalue weighted by Gasteiger charge is 2.32. The minimum Gasteiger partial charge on any atom is -0.348 e. The number of amides is 2. The van der Waals surface area contributed by atoms with Gasteiger partial charge in [0.15, 0.2) is 5.69 Å². The number of carbonyl (C=O) groups excluding carboxylic acids is 2. The van der Waals surface area contributed by atoms with E-state index < -0.39 is 0 Å². The molecule has 1 aliphatic heterocycles. The number of fused-ring (bicyclic) bond motifs is 1. The van der Waals surface area contributed by atoms with Crippen molar-refractivity contribution in [2.24, 2.45) is 5.92 Å². The summed E-state index contributed by atoms with van der Waals surface area (Å²) in [5, 5.41) is 10.6. The Labute approximate surface area is 175 Å². The van der Waals surface area contributed by atoms with Crippen LogP contribution in [0.1, 0.15) is 76.8 Å². The molecule has 1 aliphatic carbocycles. The first-order valence-electron chi connectivity index (χ1n) is 10.5. The van der Waals surface area contributed by atoms with E-state index in [1.54, 1.807) is 4.90 Å². The number of aryl methyl sites for hydroxylation is 1. The zero-order chi connectivity index (χ0) is 20.5. The summed E-state index contributed by atoms with van der Waals surface area (Å²) in [5.41, 5.74) is 2.96. The summed E-state index contributed by atoms with van der Waals surface area (Å²) >= 11 is 1.48. The molecule has 4 rings (SSSR count). The van der Waals surface area contributed by atoms with E-state index in [9.17, 15) is 9.59 Å². The monoisotopic (exact) mass is 415 g/mol. The molecule has 0 atom stereocenters. The van der Waals surface area contributed by atoms with Crippen LogP contribution in [-0.4, -0.2) is 44.1 Å². The van der Waals surface area contributed by atoms with Crippen LogP contribution in [-0.2, 0) is 19.5 Å². The van der Waals surface area contributed by atoms with Gasteiger partial charge < -0.3 is 10.2 Å². The van der Waals surface area contributed by atoms with E-state index in [-0.39, 0.29) is 17.9 Å². The van der Waals surface area contributed by atoms with Gasteiger partial charge in [0.2, 0.25) is 0 Å². The minimum atomic E-state index is -0.102. The van der Waals surface area contributed by atoms with Crippen LogP contribution in [0.15, 0.2) is 5.38 Å². The Balaban J connectivity index is 1.60. The molecule has 2 amide bonds. The Kier molecular flexibility index (Phi) is 5.72. The number of thiazole rings is 1. The first-order valence-corrected chi connectivity index (χ1v) is 11.4. The summed E-state index contributed by atoms with van der Waals surface area (Å²) in [6.45, 7) is 8.01. The van der Waals surface area contributed by atoms with E-state index >= 15 is 0 Å². The molecule has 0 radical (unpaired) electrons. The van der Waals surface area contributed by atoms with Crippen molar-refractivity contribution in [3.05, 3.63) is 33.0 Å². The molecular formula is C21H29N5O2S. The van der Waals surface area contributed by atoms with Crippen molar-refractivity contribution < 1.29 is 9.59 Å². The minimum absolute atomic E-state index is 0.0706. The second-order valence-electron chi connectivity index (χ2n) is 8.53. The van der Waals surface area contributed by atoms with Crippen LogP contribution in [0.5, 0.6) is 0 Å². The number of rotatable bonds is 5. The fourth-order valence-electron chi connectivity index (χ4n) is 4.29. The number of carbonyl (C=O) groups is 2. The molecular weight excluding hydrogens is 386 g/mol. The summed E-state index contributed by atoms with van der Waals surface area (Å²) in [7, 11) is 0. The summed E-state index contributed by atoms with van der Waals surface area (Å²) in [4.78, 5) is 32.1. The summed E-state index contributed by atoms with van der Waals surface area (Å²) in [6, 6.07) is 0.243. The molecule has 0 spiro atoms. The van der Waals surface area contributed by atoms with Gasteiger partial charge in [0.05, 0.1) is 11.6 Å². The SMILES string of the molecule is Cc1nc(C(=O)N2CCc3c(c(C(=O)NC4CCCC4)nn3CC(C)C)C2)cs1. The quantitative estimate of drug-likeness (QED) is 0.813. The maximum atomic E-state index is 13.0. The van der Waals surface area contributed by atoms with Crippen LogP contribution in [0.4, 0.5) is 0 Å². The molecule has 8 heteroatoms. The zero-order valence-electron chi connectivity index (χ0n) is 17.4. The highest BCUT2D eigenvalue weighted by atomic mass is 32.1. The van der Waals surface area contributed by atoms with E-state index in [1.165, 1.54) is 24.2 Å². The Bertz CT molecular complexity index is 910. The van der Waals surface area contributed by atoms with Crippen LogP contribution in [0.25, 0.3) is 0 Å². The van der Waals surface area contributed by atoms with E-state index in [4.69, 9.17) is 5.10 Å². The van der Waals surface area contributed by atoms with Gasteiger partial charge in [0, 0.05) is 42.2 Å². The molecule has 1 N–H and O–H groups in total. The fraction of sp³-hybridized carbons (Fsp3) is 0.619. The first-order chi connectivity index (χ1) is 13.9. The van der Waals surface area contributed by atoms with Gasteiger partial charge in [-0.25, -0.2) is 4.98 Å². The number of hydrogen-bond acceptors (Lipinski definition) is 5. The van der Waals surface area contributed by atoms with Gasteiger partial charge in [-0.2, -0.15) is 5.10 Å². The summed E-state index contributed by atoms with van der Waals surface area (Å²) < 4.78 is 1.98. The third kappa shape index (κ3) is 4.22. The van der Waals surface area contributed by atoms with Crippen molar-refractivity contribution in [1.82, 2.24) is 25.0 Å². The molecule has 0 unspecified atom stereocenters. The molecule has 0 saturated heterocycles. The third-order valence-electron chi connectivity index (χ3n) is 5.70. The van der Waals surface area contributed by atoms with Crippen molar-refractivity contribution in [2.75, 3.05) is 6.54 Å². The average Bonchev–Trinajstić information content (AvgIpc) is 3.41. The van der Waals surface area contributed by atoms with Crippen LogP contribution in [0.2, 0.25) is 0 Å². The van der Waals surface area contributed by atoms with Gasteiger partial charge in [-0.3, -0.25) is 14.3 Å². The molecule has 7 nitrogen and oxygen atoms in total. The van der Waals surface area contributed by atoms with Gasteiger partial charge in [0.25, 0.3) is 11.8 Å². The topological polar surface area (TPSA) is 80.1 Å². The second kappa shape index (κ2) is 8.26. The number of hydrogen-bond donors (Lipinski definition) is 1. The van der Waals surface area contributed by atoms with E-state index in [1.807, 2.05) is 17.0 Å². The van der Waals surface area contributed by atoms with Gasteiger partial charge in [-0.15, -0.1) is 11.3 Å². The van der Waals surface area contributed by atoms with Crippen molar-refractivity contribution in [3.63, 3.8) is 0 Å². The van der Waals surface area contributed by atoms with Gasteiger partial charge in [-0.05, 0) is 25.7 Å². The average molecular weight is 416 g/mol. The highest BCUT2D eigenvalue weighted by molar-refractivity contribution is 7.09. The van der Waals surface area contributed by atoms with Crippen LogP contribution in [0, 0.1) is 12.8 Å². The standard InChI is InChI=1S/C21H29N5O2S/c1-13(2)10-26-18-8-9-25(21(28)17-12-29-14(3)22-17)11-16(18)19(24-26)20(27)23-15-6-4-5-7-15/h12-13,15H,4-11H2,1-3H3,(H,23,27). The smallest absolute Gasteiger partial charge is 0.273 e. The van der Waals surface area contributed by atoms with Crippen molar-refractivity contribution in [1.29, 1.82) is 0 Å². The van der Waals surface area contributed by atoms with Gasteiger partial charge >= 0.3 is 0 Å². The maximum Gasteiger partial charge on any atom is 0.273 e. The number of nitrogens with zero attached hydrogens (tertiary/aromatic N) is 4. The number of aromatic nitrogens is 3. The van der Waals surface area contributed by atoms with Crippen LogP contribution < -0.4 is 5.32 Å². The predicted octanol–water partition coefficient (Wildman–Crippen LogP) is 3.17. The second-order valence-corrected chi connectivity index (χ2v) is 9.60. The Morgan fingerprint density at radius 2 is 2.07 bits per heavy atom. The molecule has 0 aromatic carbocycles. The number of nitrogens with one attached hydrogen (secondary N) is 1. The molecule has 3 heterocycles. The third-order valence-corrected chi connectivity index (χ3v) is 6.48. The van der Waals surface area contributed by atoms with Crippen LogP contribution in [0.3, 0.4) is 0 Å². The van der Waals surface area contributed by atoms with E-state index in [0.717, 1.165) is 35.7 Å². The van der Waals surface area contributed by atoms with Crippen molar-refractivity contribution in [3.8, 4) is 0 Å². The first kappa shape index (κ1) is 20.1. The molecule has 156 valence electrons. The lowest BCUT2D eigenvalue weighted by Gasteiger charge is -2.27. The van der Waals surface area contributed by atoms with E-state index in [0.29, 0.717) is 36.8 Å². The molecule has 1 saturated carbocycles. The lowest BCUT2D eigenvalue weighted by molar-refractivity contribution is 0.0724. The maximum absolute atomic E-state index is 13.0. The highest BCUT2D eigenvalue weighted by Crippen LogP contribution is 2.26. The normalized spacial score (nSPS) is 17.0. The molecule has 29 heavy (non-hydrogen) atoms. The zero-order valence-corrected chi connectivity index (χ0v) is 18.2. The molecule has 0 bridgehead atoms. The molecule has 2 aromatic heterocycles.